The van der Waals surface area contributed by atoms with Crippen molar-refractivity contribution in [2.45, 2.75) is 12.8 Å². The summed E-state index contributed by atoms with van der Waals surface area (Å²) in [6.07, 6.45) is 5.88. The van der Waals surface area contributed by atoms with Crippen LogP contribution in [-0.2, 0) is 6.42 Å². The molecule has 5 nitrogen and oxygen atoms in total. The minimum atomic E-state index is 0.661. The maximum absolute atomic E-state index is 5.21. The molecule has 1 fully saturated rings. The van der Waals surface area contributed by atoms with Crippen molar-refractivity contribution in [3.63, 3.8) is 0 Å². The molecule has 1 saturated heterocycles. The van der Waals surface area contributed by atoms with Gasteiger partial charge in [-0.1, -0.05) is 12.1 Å². The number of methoxy groups -OCH3 is 1. The van der Waals surface area contributed by atoms with E-state index in [0.29, 0.717) is 5.92 Å². The molecule has 0 amide bonds. The first-order chi connectivity index (χ1) is 10.8. The summed E-state index contributed by atoms with van der Waals surface area (Å²) in [5.41, 5.74) is 1.36. The maximum atomic E-state index is 5.21. The summed E-state index contributed by atoms with van der Waals surface area (Å²) in [6, 6.07) is 8.37. The zero-order chi connectivity index (χ0) is 15.4. The Hall–Kier alpha value is -2.30. The smallest absolute Gasteiger partial charge is 0.149 e. The molecule has 1 aliphatic heterocycles. The van der Waals surface area contributed by atoms with Crippen molar-refractivity contribution in [2.24, 2.45) is 5.92 Å². The number of nitrogens with zero attached hydrogens (tertiary/aromatic N) is 3. The molecule has 3 rings (SSSR count). The molecule has 2 heterocycles. The van der Waals surface area contributed by atoms with Crippen molar-refractivity contribution < 1.29 is 4.74 Å². The van der Waals surface area contributed by atoms with Gasteiger partial charge in [0.25, 0.3) is 0 Å². The molecule has 0 radical (unpaired) electrons. The first-order valence-corrected chi connectivity index (χ1v) is 7.66. The Morgan fingerprint density at radius 2 is 2.09 bits per heavy atom. The van der Waals surface area contributed by atoms with Gasteiger partial charge in [-0.05, 0) is 36.5 Å². The van der Waals surface area contributed by atoms with Crippen LogP contribution in [0.25, 0.3) is 0 Å². The topological polar surface area (TPSA) is 50.3 Å². The van der Waals surface area contributed by atoms with Gasteiger partial charge in [0.15, 0.2) is 0 Å². The first-order valence-electron chi connectivity index (χ1n) is 7.66. The van der Waals surface area contributed by atoms with Crippen LogP contribution in [0.3, 0.4) is 0 Å². The summed E-state index contributed by atoms with van der Waals surface area (Å²) in [7, 11) is 3.56. The van der Waals surface area contributed by atoms with E-state index in [9.17, 15) is 0 Å². The molecule has 116 valence electrons. The van der Waals surface area contributed by atoms with Gasteiger partial charge in [-0.15, -0.1) is 0 Å². The number of anilines is 2. The number of ether oxygens (including phenoxy) is 1. The van der Waals surface area contributed by atoms with Crippen molar-refractivity contribution in [2.75, 3.05) is 37.5 Å². The van der Waals surface area contributed by atoms with Crippen molar-refractivity contribution >= 4 is 11.6 Å². The largest absolute Gasteiger partial charge is 0.497 e. The summed E-state index contributed by atoms with van der Waals surface area (Å²) < 4.78 is 5.21. The van der Waals surface area contributed by atoms with Crippen LogP contribution in [0.1, 0.15) is 12.0 Å². The van der Waals surface area contributed by atoms with Crippen molar-refractivity contribution in [1.82, 2.24) is 9.97 Å². The Balaban J connectivity index is 1.61. The minimum absolute atomic E-state index is 0.661. The SMILES string of the molecule is CNc1cncc(N2CCC(Cc3ccc(OC)cc3)C2)n1. The number of benzene rings is 1. The Morgan fingerprint density at radius 1 is 1.27 bits per heavy atom. The van der Waals surface area contributed by atoms with E-state index in [1.54, 1.807) is 13.3 Å². The van der Waals surface area contributed by atoms with Gasteiger partial charge < -0.3 is 15.0 Å². The fourth-order valence-electron chi connectivity index (χ4n) is 2.93. The summed E-state index contributed by atoms with van der Waals surface area (Å²) in [5.74, 6) is 3.35. The van der Waals surface area contributed by atoms with E-state index in [0.717, 1.165) is 36.9 Å². The second kappa shape index (κ2) is 6.64. The molecular formula is C17H22N4O. The summed E-state index contributed by atoms with van der Waals surface area (Å²) in [5, 5.41) is 3.04. The van der Waals surface area contributed by atoms with E-state index >= 15 is 0 Å². The summed E-state index contributed by atoms with van der Waals surface area (Å²) in [4.78, 5) is 11.1. The van der Waals surface area contributed by atoms with E-state index in [1.807, 2.05) is 25.4 Å². The number of hydrogen-bond acceptors (Lipinski definition) is 5. The van der Waals surface area contributed by atoms with E-state index in [-0.39, 0.29) is 0 Å². The number of rotatable bonds is 5. The van der Waals surface area contributed by atoms with Gasteiger partial charge in [-0.2, -0.15) is 0 Å². The third-order valence-electron chi connectivity index (χ3n) is 4.17. The quantitative estimate of drug-likeness (QED) is 0.919. The monoisotopic (exact) mass is 298 g/mol. The lowest BCUT2D eigenvalue weighted by Gasteiger charge is -2.17. The lowest BCUT2D eigenvalue weighted by molar-refractivity contribution is 0.414. The molecule has 0 spiro atoms. The van der Waals surface area contributed by atoms with Crippen molar-refractivity contribution in [3.8, 4) is 5.75 Å². The fourth-order valence-corrected chi connectivity index (χ4v) is 2.93. The van der Waals surface area contributed by atoms with Crippen LogP contribution >= 0.6 is 0 Å². The maximum Gasteiger partial charge on any atom is 0.149 e. The molecule has 1 N–H and O–H groups in total. The predicted molar refractivity (Wildman–Crippen MR) is 88.6 cm³/mol. The standard InChI is InChI=1S/C17H22N4O/c1-18-16-10-19-11-17(20-16)21-8-7-14(12-21)9-13-3-5-15(22-2)6-4-13/h3-6,10-11,14H,7-9,12H2,1-2H3,(H,18,20). The average molecular weight is 298 g/mol. The third-order valence-corrected chi connectivity index (χ3v) is 4.17. The summed E-state index contributed by atoms with van der Waals surface area (Å²) in [6.45, 7) is 2.08. The average Bonchev–Trinajstić information content (AvgIpc) is 3.04. The molecule has 1 aromatic carbocycles. The molecular weight excluding hydrogens is 276 g/mol. The highest BCUT2D eigenvalue weighted by atomic mass is 16.5. The van der Waals surface area contributed by atoms with Crippen LogP contribution in [0.4, 0.5) is 11.6 Å². The van der Waals surface area contributed by atoms with Gasteiger partial charge in [0.2, 0.25) is 0 Å². The van der Waals surface area contributed by atoms with Crippen LogP contribution in [0.2, 0.25) is 0 Å². The van der Waals surface area contributed by atoms with Gasteiger partial charge in [0.1, 0.15) is 17.4 Å². The molecule has 2 aromatic rings. The predicted octanol–water partition coefficient (Wildman–Crippen LogP) is 2.60. The van der Waals surface area contributed by atoms with Crippen LogP contribution in [0, 0.1) is 5.92 Å². The zero-order valence-corrected chi connectivity index (χ0v) is 13.1. The molecule has 0 saturated carbocycles. The fraction of sp³-hybridized carbons (Fsp3) is 0.412. The van der Waals surface area contributed by atoms with Crippen LogP contribution in [0.15, 0.2) is 36.7 Å². The molecule has 0 bridgehead atoms. The van der Waals surface area contributed by atoms with Gasteiger partial charge >= 0.3 is 0 Å². The van der Waals surface area contributed by atoms with E-state index in [1.165, 1.54) is 12.0 Å². The van der Waals surface area contributed by atoms with Crippen molar-refractivity contribution in [3.05, 3.63) is 42.2 Å². The highest BCUT2D eigenvalue weighted by molar-refractivity contribution is 5.44. The van der Waals surface area contributed by atoms with Gasteiger partial charge in [-0.3, -0.25) is 4.98 Å². The molecule has 0 aliphatic carbocycles. The molecule has 1 aromatic heterocycles. The first kappa shape index (κ1) is 14.6. The van der Waals surface area contributed by atoms with Gasteiger partial charge in [0.05, 0.1) is 19.5 Å². The number of hydrogen-bond donors (Lipinski definition) is 1. The highest BCUT2D eigenvalue weighted by Crippen LogP contribution is 2.25. The van der Waals surface area contributed by atoms with Crippen LogP contribution < -0.4 is 15.0 Å². The molecule has 22 heavy (non-hydrogen) atoms. The lowest BCUT2D eigenvalue weighted by Crippen LogP contribution is -2.21. The van der Waals surface area contributed by atoms with Crippen molar-refractivity contribution in [1.29, 1.82) is 0 Å². The molecule has 1 unspecified atom stereocenters. The molecule has 1 aliphatic rings. The lowest BCUT2D eigenvalue weighted by atomic mass is 9.99. The Kier molecular flexibility index (Phi) is 4.42. The second-order valence-electron chi connectivity index (χ2n) is 5.67. The third kappa shape index (κ3) is 3.30. The zero-order valence-electron chi connectivity index (χ0n) is 13.1. The highest BCUT2D eigenvalue weighted by Gasteiger charge is 2.24. The Labute approximate surface area is 131 Å². The Morgan fingerprint density at radius 3 is 2.82 bits per heavy atom. The summed E-state index contributed by atoms with van der Waals surface area (Å²) >= 11 is 0. The second-order valence-corrected chi connectivity index (χ2v) is 5.67. The molecule has 5 heteroatoms. The number of nitrogens with one attached hydrogen (secondary N) is 1. The van der Waals surface area contributed by atoms with E-state index < -0.39 is 0 Å². The molecule has 1 atom stereocenters. The minimum Gasteiger partial charge on any atom is -0.497 e. The Bertz CT molecular complexity index is 614. The van der Waals surface area contributed by atoms with Gasteiger partial charge in [0, 0.05) is 20.1 Å². The normalized spacial score (nSPS) is 17.5. The van der Waals surface area contributed by atoms with Crippen LogP contribution in [-0.4, -0.2) is 37.2 Å². The van der Waals surface area contributed by atoms with Gasteiger partial charge in [-0.25, -0.2) is 4.98 Å². The van der Waals surface area contributed by atoms with E-state index in [4.69, 9.17) is 4.74 Å². The van der Waals surface area contributed by atoms with E-state index in [2.05, 4.69) is 32.3 Å². The van der Waals surface area contributed by atoms with Crippen LogP contribution in [0.5, 0.6) is 5.75 Å². The number of aromatic nitrogens is 2.